The predicted octanol–water partition coefficient (Wildman–Crippen LogP) is 2.01. The second-order valence-electron chi connectivity index (χ2n) is 4.12. The highest BCUT2D eigenvalue weighted by Crippen LogP contribution is 2.23. The first-order valence-electron chi connectivity index (χ1n) is 5.91. The van der Waals surface area contributed by atoms with E-state index in [0.717, 1.165) is 15.6 Å². The Morgan fingerprint density at radius 2 is 2.06 bits per heavy atom. The van der Waals surface area contributed by atoms with E-state index in [1.54, 1.807) is 6.92 Å². The molecule has 0 aromatic heterocycles. The van der Waals surface area contributed by atoms with E-state index in [1.807, 2.05) is 24.3 Å². The number of sulfone groups is 1. The lowest BCUT2D eigenvalue weighted by Gasteiger charge is -2.17. The van der Waals surface area contributed by atoms with Crippen molar-refractivity contribution < 1.29 is 8.42 Å². The first kappa shape index (κ1) is 15.9. The molecule has 102 valence electrons. The summed E-state index contributed by atoms with van der Waals surface area (Å²) in [6.07, 6.45) is 1.34. The zero-order valence-electron chi connectivity index (χ0n) is 10.4. The van der Waals surface area contributed by atoms with Gasteiger partial charge in [-0.15, -0.1) is 0 Å². The summed E-state index contributed by atoms with van der Waals surface area (Å²) in [6, 6.07) is 7.97. The number of hydrazine groups is 1. The lowest BCUT2D eigenvalue weighted by Crippen LogP contribution is -2.29. The van der Waals surface area contributed by atoms with Crippen molar-refractivity contribution in [1.29, 1.82) is 0 Å². The van der Waals surface area contributed by atoms with Gasteiger partial charge in [0.2, 0.25) is 0 Å². The minimum absolute atomic E-state index is 0.00477. The summed E-state index contributed by atoms with van der Waals surface area (Å²) in [5.41, 5.74) is 3.88. The first-order valence-corrected chi connectivity index (χ1v) is 8.81. The molecule has 1 aromatic rings. The first-order chi connectivity index (χ1) is 8.50. The maximum atomic E-state index is 11.4. The summed E-state index contributed by atoms with van der Waals surface area (Å²) in [5, 5.41) is 0. The van der Waals surface area contributed by atoms with E-state index in [9.17, 15) is 8.42 Å². The fourth-order valence-electron chi connectivity index (χ4n) is 1.74. The molecule has 1 atom stereocenters. The standard InChI is InChI=1S/C12H19IN2O2S/c1-2-18(16,17)9-5-8-12(15-14)10-6-3-4-7-11(10)13/h3-4,6-7,12,15H,2,5,8-9,14H2,1H3. The van der Waals surface area contributed by atoms with Crippen LogP contribution in [0.2, 0.25) is 0 Å². The summed E-state index contributed by atoms with van der Waals surface area (Å²) in [4.78, 5) is 0. The van der Waals surface area contributed by atoms with Gasteiger partial charge < -0.3 is 0 Å². The summed E-state index contributed by atoms with van der Waals surface area (Å²) in [7, 11) is -2.89. The van der Waals surface area contributed by atoms with Crippen molar-refractivity contribution in [3.63, 3.8) is 0 Å². The van der Waals surface area contributed by atoms with Crippen molar-refractivity contribution in [2.45, 2.75) is 25.8 Å². The zero-order chi connectivity index (χ0) is 13.6. The molecule has 0 radical (unpaired) electrons. The normalized spacial score (nSPS) is 13.5. The summed E-state index contributed by atoms with van der Waals surface area (Å²) >= 11 is 2.26. The Balaban J connectivity index is 2.61. The fourth-order valence-corrected chi connectivity index (χ4v) is 3.40. The number of halogens is 1. The van der Waals surface area contributed by atoms with Crippen LogP contribution in [0.3, 0.4) is 0 Å². The Kier molecular flexibility index (Phi) is 6.54. The van der Waals surface area contributed by atoms with Gasteiger partial charge in [-0.05, 0) is 47.1 Å². The van der Waals surface area contributed by atoms with Crippen LogP contribution < -0.4 is 11.3 Å². The van der Waals surface area contributed by atoms with Crippen LogP contribution in [-0.4, -0.2) is 19.9 Å². The molecule has 18 heavy (non-hydrogen) atoms. The van der Waals surface area contributed by atoms with Gasteiger partial charge in [0.15, 0.2) is 0 Å². The van der Waals surface area contributed by atoms with E-state index in [4.69, 9.17) is 5.84 Å². The van der Waals surface area contributed by atoms with Crippen molar-refractivity contribution in [2.75, 3.05) is 11.5 Å². The number of nitrogens with two attached hydrogens (primary N) is 1. The van der Waals surface area contributed by atoms with Gasteiger partial charge in [0.05, 0.1) is 5.75 Å². The van der Waals surface area contributed by atoms with Gasteiger partial charge in [0.25, 0.3) is 0 Å². The monoisotopic (exact) mass is 382 g/mol. The quantitative estimate of drug-likeness (QED) is 0.430. The van der Waals surface area contributed by atoms with Crippen molar-refractivity contribution in [3.05, 3.63) is 33.4 Å². The van der Waals surface area contributed by atoms with Gasteiger partial charge in [-0.3, -0.25) is 11.3 Å². The van der Waals surface area contributed by atoms with Crippen LogP contribution in [0.1, 0.15) is 31.4 Å². The Bertz CT molecular complexity index is 477. The van der Waals surface area contributed by atoms with Gasteiger partial charge in [0, 0.05) is 15.4 Å². The van der Waals surface area contributed by atoms with Crippen molar-refractivity contribution in [1.82, 2.24) is 5.43 Å². The van der Waals surface area contributed by atoms with Crippen LogP contribution in [0.25, 0.3) is 0 Å². The molecule has 1 unspecified atom stereocenters. The van der Waals surface area contributed by atoms with Gasteiger partial charge in [0.1, 0.15) is 9.84 Å². The lowest BCUT2D eigenvalue weighted by molar-refractivity contribution is 0.505. The Hall–Kier alpha value is -0.180. The molecule has 0 saturated carbocycles. The average molecular weight is 382 g/mol. The van der Waals surface area contributed by atoms with Crippen LogP contribution >= 0.6 is 22.6 Å². The molecule has 1 rings (SSSR count). The molecule has 0 aliphatic heterocycles. The minimum atomic E-state index is -2.89. The highest BCUT2D eigenvalue weighted by atomic mass is 127. The molecular formula is C12H19IN2O2S. The third kappa shape index (κ3) is 4.83. The average Bonchev–Trinajstić information content (AvgIpc) is 2.36. The maximum absolute atomic E-state index is 11.4. The minimum Gasteiger partial charge on any atom is -0.271 e. The number of nitrogens with one attached hydrogen (secondary N) is 1. The number of rotatable bonds is 7. The fraction of sp³-hybridized carbons (Fsp3) is 0.500. The SMILES string of the molecule is CCS(=O)(=O)CCCC(NN)c1ccccc1I. The number of hydrogen-bond donors (Lipinski definition) is 2. The van der Waals surface area contributed by atoms with E-state index >= 15 is 0 Å². The Morgan fingerprint density at radius 3 is 2.61 bits per heavy atom. The van der Waals surface area contributed by atoms with E-state index in [0.29, 0.717) is 6.42 Å². The highest BCUT2D eigenvalue weighted by Gasteiger charge is 2.14. The zero-order valence-corrected chi connectivity index (χ0v) is 13.4. The summed E-state index contributed by atoms with van der Waals surface area (Å²) < 4.78 is 24.0. The molecule has 0 heterocycles. The van der Waals surface area contributed by atoms with Crippen molar-refractivity contribution in [2.24, 2.45) is 5.84 Å². The molecule has 0 fully saturated rings. The Morgan fingerprint density at radius 1 is 1.39 bits per heavy atom. The van der Waals surface area contributed by atoms with Gasteiger partial charge >= 0.3 is 0 Å². The summed E-state index contributed by atoms with van der Waals surface area (Å²) in [5.74, 6) is 5.99. The van der Waals surface area contributed by atoms with Crippen LogP contribution in [0.15, 0.2) is 24.3 Å². The highest BCUT2D eigenvalue weighted by molar-refractivity contribution is 14.1. The van der Waals surface area contributed by atoms with Crippen molar-refractivity contribution >= 4 is 32.4 Å². The lowest BCUT2D eigenvalue weighted by atomic mass is 10.0. The Labute approximate surface area is 122 Å². The van der Waals surface area contributed by atoms with E-state index in [-0.39, 0.29) is 17.5 Å². The molecule has 0 bridgehead atoms. The van der Waals surface area contributed by atoms with Crippen LogP contribution in [-0.2, 0) is 9.84 Å². The van der Waals surface area contributed by atoms with E-state index in [2.05, 4.69) is 28.0 Å². The molecule has 0 aliphatic carbocycles. The summed E-state index contributed by atoms with van der Waals surface area (Å²) in [6.45, 7) is 1.67. The second-order valence-corrected chi connectivity index (χ2v) is 7.75. The van der Waals surface area contributed by atoms with Gasteiger partial charge in [-0.25, -0.2) is 8.42 Å². The second kappa shape index (κ2) is 7.42. The maximum Gasteiger partial charge on any atom is 0.150 e. The van der Waals surface area contributed by atoms with Gasteiger partial charge in [-0.2, -0.15) is 0 Å². The van der Waals surface area contributed by atoms with Crippen LogP contribution in [0, 0.1) is 3.57 Å². The smallest absolute Gasteiger partial charge is 0.150 e. The third-order valence-electron chi connectivity index (χ3n) is 2.87. The molecular weight excluding hydrogens is 363 g/mol. The third-order valence-corrected chi connectivity index (χ3v) is 5.64. The van der Waals surface area contributed by atoms with Crippen molar-refractivity contribution in [3.8, 4) is 0 Å². The molecule has 6 heteroatoms. The molecule has 0 saturated heterocycles. The molecule has 0 aliphatic rings. The molecule has 4 nitrogen and oxygen atoms in total. The topological polar surface area (TPSA) is 72.2 Å². The number of hydrogen-bond acceptors (Lipinski definition) is 4. The van der Waals surface area contributed by atoms with E-state index in [1.165, 1.54) is 0 Å². The largest absolute Gasteiger partial charge is 0.271 e. The molecule has 3 N–H and O–H groups in total. The number of benzene rings is 1. The van der Waals surface area contributed by atoms with Crippen LogP contribution in [0.4, 0.5) is 0 Å². The molecule has 0 spiro atoms. The molecule has 0 amide bonds. The van der Waals surface area contributed by atoms with Crippen LogP contribution in [0.5, 0.6) is 0 Å². The van der Waals surface area contributed by atoms with Gasteiger partial charge in [-0.1, -0.05) is 25.1 Å². The van der Waals surface area contributed by atoms with E-state index < -0.39 is 9.84 Å². The predicted molar refractivity (Wildman–Crippen MR) is 82.8 cm³/mol. The molecule has 1 aromatic carbocycles.